The number of aromatic amines is 1. The van der Waals surface area contributed by atoms with Gasteiger partial charge in [-0.3, -0.25) is 14.9 Å². The van der Waals surface area contributed by atoms with Crippen molar-refractivity contribution in [1.29, 1.82) is 0 Å². The Bertz CT molecular complexity index is 1410. The second kappa shape index (κ2) is 8.00. The van der Waals surface area contributed by atoms with Crippen molar-refractivity contribution in [3.05, 3.63) is 66.0 Å². The molecule has 7 heteroatoms. The first-order valence-corrected chi connectivity index (χ1v) is 11.7. The minimum atomic E-state index is -0.357. The molecule has 0 radical (unpaired) electrons. The smallest absolute Gasteiger partial charge is 0.259 e. The van der Waals surface area contributed by atoms with Gasteiger partial charge in [0.25, 0.3) is 11.8 Å². The van der Waals surface area contributed by atoms with Crippen LogP contribution in [0.2, 0.25) is 0 Å². The average Bonchev–Trinajstić information content (AvgIpc) is 3.44. The summed E-state index contributed by atoms with van der Waals surface area (Å²) in [5, 5.41) is 4.42. The van der Waals surface area contributed by atoms with Gasteiger partial charge >= 0.3 is 0 Å². The van der Waals surface area contributed by atoms with Crippen molar-refractivity contribution < 1.29 is 9.59 Å². The fourth-order valence-electron chi connectivity index (χ4n) is 4.34. The van der Waals surface area contributed by atoms with Gasteiger partial charge in [0.2, 0.25) is 0 Å². The molecule has 0 saturated heterocycles. The standard InChI is InChI=1S/C25H24N4O2S/c1-28(2)10-11-29-14-19(17-9-8-15(32-3)12-21(17)29)23-22(24(30)27-25(23)31)18-13-26-20-7-5-4-6-16(18)20/h4-9,12-14,26H,10-11H2,1-3H3,(H,27,30,31). The highest BCUT2D eigenvalue weighted by molar-refractivity contribution is 7.98. The molecular weight excluding hydrogens is 420 g/mol. The van der Waals surface area contributed by atoms with Crippen molar-refractivity contribution in [2.24, 2.45) is 0 Å². The monoisotopic (exact) mass is 444 g/mol. The van der Waals surface area contributed by atoms with Gasteiger partial charge in [-0.05, 0) is 38.6 Å². The summed E-state index contributed by atoms with van der Waals surface area (Å²) in [5.74, 6) is -0.708. The van der Waals surface area contributed by atoms with Gasteiger partial charge in [-0.15, -0.1) is 11.8 Å². The van der Waals surface area contributed by atoms with E-state index in [0.717, 1.165) is 50.9 Å². The summed E-state index contributed by atoms with van der Waals surface area (Å²) in [6.45, 7) is 1.65. The summed E-state index contributed by atoms with van der Waals surface area (Å²) in [5.41, 5.74) is 4.38. The van der Waals surface area contributed by atoms with Crippen LogP contribution in [0.25, 0.3) is 33.0 Å². The number of thioether (sulfide) groups is 1. The lowest BCUT2D eigenvalue weighted by Crippen LogP contribution is -2.22. The number of hydrogen-bond donors (Lipinski definition) is 2. The maximum Gasteiger partial charge on any atom is 0.259 e. The summed E-state index contributed by atoms with van der Waals surface area (Å²) < 4.78 is 2.18. The van der Waals surface area contributed by atoms with Gasteiger partial charge in [0.05, 0.1) is 11.1 Å². The van der Waals surface area contributed by atoms with Gasteiger partial charge in [0.15, 0.2) is 0 Å². The van der Waals surface area contributed by atoms with Gasteiger partial charge in [-0.25, -0.2) is 0 Å². The predicted molar refractivity (Wildman–Crippen MR) is 131 cm³/mol. The number of hydrogen-bond acceptors (Lipinski definition) is 4. The number of para-hydroxylation sites is 1. The zero-order valence-electron chi connectivity index (χ0n) is 18.2. The highest BCUT2D eigenvalue weighted by Crippen LogP contribution is 2.39. The minimum Gasteiger partial charge on any atom is -0.361 e. The molecule has 162 valence electrons. The molecule has 0 fully saturated rings. The molecule has 0 unspecified atom stereocenters. The second-order valence-corrected chi connectivity index (χ2v) is 9.08. The number of imide groups is 1. The molecule has 2 aromatic heterocycles. The van der Waals surface area contributed by atoms with Crippen LogP contribution in [0.4, 0.5) is 0 Å². The SMILES string of the molecule is CSc1ccc2c(C3=C(c4c[nH]c5ccccc45)C(=O)NC3=O)cn(CCN(C)C)c2c1. The third-order valence-electron chi connectivity index (χ3n) is 5.94. The lowest BCUT2D eigenvalue weighted by molar-refractivity contribution is -0.122. The van der Waals surface area contributed by atoms with E-state index in [1.807, 2.05) is 50.8 Å². The molecule has 2 amide bonds. The number of H-pyrrole nitrogens is 1. The van der Waals surface area contributed by atoms with Crippen LogP contribution in [0.3, 0.4) is 0 Å². The quantitative estimate of drug-likeness (QED) is 0.349. The van der Waals surface area contributed by atoms with Crippen LogP contribution in [-0.2, 0) is 16.1 Å². The maximum atomic E-state index is 13.0. The van der Waals surface area contributed by atoms with E-state index in [-0.39, 0.29) is 11.8 Å². The molecule has 3 heterocycles. The molecule has 4 aromatic rings. The normalized spacial score (nSPS) is 14.4. The molecule has 32 heavy (non-hydrogen) atoms. The number of rotatable bonds is 6. The van der Waals surface area contributed by atoms with Crippen molar-refractivity contribution in [2.75, 3.05) is 26.9 Å². The molecule has 0 aliphatic carbocycles. The van der Waals surface area contributed by atoms with E-state index >= 15 is 0 Å². The molecule has 0 saturated carbocycles. The van der Waals surface area contributed by atoms with Gasteiger partial charge in [0.1, 0.15) is 0 Å². The van der Waals surface area contributed by atoms with E-state index in [1.165, 1.54) is 0 Å². The molecule has 0 spiro atoms. The lowest BCUT2D eigenvalue weighted by Gasteiger charge is -2.11. The molecule has 5 rings (SSSR count). The zero-order valence-corrected chi connectivity index (χ0v) is 19.0. The average molecular weight is 445 g/mol. The van der Waals surface area contributed by atoms with E-state index in [0.29, 0.717) is 11.1 Å². The molecule has 1 aliphatic heterocycles. The Morgan fingerprint density at radius 3 is 2.47 bits per heavy atom. The van der Waals surface area contributed by atoms with Crippen LogP contribution in [-0.4, -0.2) is 53.2 Å². The van der Waals surface area contributed by atoms with E-state index in [1.54, 1.807) is 11.8 Å². The third kappa shape index (κ3) is 3.34. The summed E-state index contributed by atoms with van der Waals surface area (Å²) in [6.07, 6.45) is 5.88. The first kappa shape index (κ1) is 20.6. The Morgan fingerprint density at radius 2 is 1.72 bits per heavy atom. The first-order valence-electron chi connectivity index (χ1n) is 10.5. The first-order chi connectivity index (χ1) is 15.5. The minimum absolute atomic E-state index is 0.351. The predicted octanol–water partition coefficient (Wildman–Crippen LogP) is 3.97. The van der Waals surface area contributed by atoms with Crippen LogP contribution >= 0.6 is 11.8 Å². The van der Waals surface area contributed by atoms with Gasteiger partial charge in [-0.1, -0.05) is 24.3 Å². The van der Waals surface area contributed by atoms with E-state index in [2.05, 4.69) is 44.2 Å². The van der Waals surface area contributed by atoms with E-state index < -0.39 is 0 Å². The topological polar surface area (TPSA) is 70.1 Å². The Balaban J connectivity index is 1.77. The Labute approximate surface area is 190 Å². The second-order valence-electron chi connectivity index (χ2n) is 8.20. The molecule has 2 N–H and O–H groups in total. The highest BCUT2D eigenvalue weighted by Gasteiger charge is 2.35. The number of aromatic nitrogens is 2. The van der Waals surface area contributed by atoms with Gasteiger partial charge < -0.3 is 14.5 Å². The van der Waals surface area contributed by atoms with Crippen molar-refractivity contribution in [3.63, 3.8) is 0 Å². The number of nitrogens with zero attached hydrogens (tertiary/aromatic N) is 2. The summed E-state index contributed by atoms with van der Waals surface area (Å²) in [4.78, 5) is 32.5. The molecule has 1 aliphatic rings. The van der Waals surface area contributed by atoms with Crippen LogP contribution in [0.1, 0.15) is 11.1 Å². The Morgan fingerprint density at radius 1 is 0.969 bits per heavy atom. The fourth-order valence-corrected chi connectivity index (χ4v) is 4.77. The van der Waals surface area contributed by atoms with Crippen molar-refractivity contribution in [1.82, 2.24) is 19.8 Å². The maximum absolute atomic E-state index is 13.0. The lowest BCUT2D eigenvalue weighted by atomic mass is 9.95. The van der Waals surface area contributed by atoms with Crippen LogP contribution < -0.4 is 5.32 Å². The Hall–Kier alpha value is -3.29. The van der Waals surface area contributed by atoms with Gasteiger partial charge in [0, 0.05) is 63.3 Å². The van der Waals surface area contributed by atoms with Crippen LogP contribution in [0, 0.1) is 0 Å². The van der Waals surface area contributed by atoms with E-state index in [9.17, 15) is 9.59 Å². The van der Waals surface area contributed by atoms with E-state index in [4.69, 9.17) is 0 Å². The largest absolute Gasteiger partial charge is 0.361 e. The summed E-state index contributed by atoms with van der Waals surface area (Å²) >= 11 is 1.69. The number of carbonyl (C=O) groups is 2. The fraction of sp³-hybridized carbons (Fsp3) is 0.200. The van der Waals surface area contributed by atoms with Crippen molar-refractivity contribution >= 4 is 56.5 Å². The number of likely N-dealkylation sites (N-methyl/N-ethyl adjacent to an activating group) is 1. The number of benzene rings is 2. The zero-order chi connectivity index (χ0) is 22.4. The highest BCUT2D eigenvalue weighted by atomic mass is 32.2. The number of fused-ring (bicyclic) bond motifs is 2. The molecule has 2 aromatic carbocycles. The van der Waals surface area contributed by atoms with Crippen LogP contribution in [0.15, 0.2) is 59.8 Å². The molecule has 0 atom stereocenters. The van der Waals surface area contributed by atoms with Gasteiger partial charge in [-0.2, -0.15) is 0 Å². The van der Waals surface area contributed by atoms with Crippen molar-refractivity contribution in [2.45, 2.75) is 11.4 Å². The number of nitrogens with one attached hydrogen (secondary N) is 2. The summed E-state index contributed by atoms with van der Waals surface area (Å²) in [6, 6.07) is 14.1. The molecule has 0 bridgehead atoms. The molecular formula is C25H24N4O2S. The number of amides is 2. The van der Waals surface area contributed by atoms with Crippen LogP contribution in [0.5, 0.6) is 0 Å². The number of carbonyl (C=O) groups excluding carboxylic acids is 2. The van der Waals surface area contributed by atoms with Crippen molar-refractivity contribution in [3.8, 4) is 0 Å². The Kier molecular flexibility index (Phi) is 5.15. The molecule has 6 nitrogen and oxygen atoms in total. The third-order valence-corrected chi connectivity index (χ3v) is 6.66. The summed E-state index contributed by atoms with van der Waals surface area (Å²) in [7, 11) is 4.08.